The SMILES string of the molecule is N#COc1ccc(C2(C=O)C=c3ccccc3=N2)cc1. The van der Waals surface area contributed by atoms with Gasteiger partial charge in [0.05, 0.1) is 5.36 Å². The summed E-state index contributed by atoms with van der Waals surface area (Å²) >= 11 is 0. The molecule has 0 N–H and O–H groups in total. The van der Waals surface area contributed by atoms with Gasteiger partial charge in [-0.25, -0.2) is 0 Å². The minimum atomic E-state index is -0.991. The Morgan fingerprint density at radius 2 is 1.90 bits per heavy atom. The minimum absolute atomic E-state index is 0.438. The summed E-state index contributed by atoms with van der Waals surface area (Å²) in [5, 5.41) is 10.2. The Hall–Kier alpha value is -2.93. The minimum Gasteiger partial charge on any atom is -0.388 e. The number of hydrogen-bond donors (Lipinski definition) is 0. The number of nitrogens with zero attached hydrogens (tertiary/aromatic N) is 2. The van der Waals surface area contributed by atoms with Gasteiger partial charge in [0, 0.05) is 0 Å². The monoisotopic (exact) mass is 262 g/mol. The third kappa shape index (κ3) is 1.86. The largest absolute Gasteiger partial charge is 0.388 e. The zero-order valence-corrected chi connectivity index (χ0v) is 10.5. The molecule has 1 aliphatic heterocycles. The van der Waals surface area contributed by atoms with Crippen LogP contribution in [0.2, 0.25) is 0 Å². The number of hydrogen-bond acceptors (Lipinski definition) is 4. The van der Waals surface area contributed by atoms with Gasteiger partial charge >= 0.3 is 0 Å². The highest BCUT2D eigenvalue weighted by Gasteiger charge is 2.31. The lowest BCUT2D eigenvalue weighted by Crippen LogP contribution is -2.21. The van der Waals surface area contributed by atoms with E-state index in [-0.39, 0.29) is 0 Å². The normalized spacial score (nSPS) is 19.1. The third-order valence-electron chi connectivity index (χ3n) is 3.28. The van der Waals surface area contributed by atoms with Crippen LogP contribution in [0.25, 0.3) is 6.08 Å². The van der Waals surface area contributed by atoms with Crippen LogP contribution in [0.15, 0.2) is 53.5 Å². The van der Waals surface area contributed by atoms with Crippen molar-refractivity contribution < 1.29 is 9.53 Å². The number of aldehydes is 1. The molecule has 0 amide bonds. The molecule has 1 aliphatic rings. The number of para-hydroxylation sites is 1. The fourth-order valence-corrected chi connectivity index (χ4v) is 2.30. The summed E-state index contributed by atoms with van der Waals surface area (Å²) in [6.45, 7) is 0. The van der Waals surface area contributed by atoms with Crippen molar-refractivity contribution in [3.8, 4) is 12.0 Å². The van der Waals surface area contributed by atoms with Gasteiger partial charge in [-0.2, -0.15) is 0 Å². The molecule has 0 saturated carbocycles. The van der Waals surface area contributed by atoms with Gasteiger partial charge in [0.25, 0.3) is 6.26 Å². The van der Waals surface area contributed by atoms with Gasteiger partial charge in [0.2, 0.25) is 0 Å². The van der Waals surface area contributed by atoms with Crippen molar-refractivity contribution >= 4 is 12.4 Å². The van der Waals surface area contributed by atoms with Gasteiger partial charge in [0.1, 0.15) is 5.75 Å². The van der Waals surface area contributed by atoms with Crippen LogP contribution in [0.1, 0.15) is 5.56 Å². The van der Waals surface area contributed by atoms with Crippen LogP contribution in [0.3, 0.4) is 0 Å². The summed E-state index contributed by atoms with van der Waals surface area (Å²) in [5.74, 6) is 0.438. The third-order valence-corrected chi connectivity index (χ3v) is 3.28. The quantitative estimate of drug-likeness (QED) is 0.613. The first-order valence-electron chi connectivity index (χ1n) is 6.08. The Labute approximate surface area is 115 Å². The van der Waals surface area contributed by atoms with E-state index in [1.165, 1.54) is 0 Å². The Bertz CT molecular complexity index is 782. The fraction of sp³-hybridized carbons (Fsp3) is 0.0625. The Kier molecular flexibility index (Phi) is 2.81. The first-order chi connectivity index (χ1) is 9.77. The topological polar surface area (TPSA) is 62.4 Å². The second-order valence-electron chi connectivity index (χ2n) is 4.48. The van der Waals surface area contributed by atoms with Gasteiger partial charge in [-0.05, 0) is 35.1 Å². The molecule has 4 heteroatoms. The van der Waals surface area contributed by atoms with E-state index in [1.54, 1.807) is 30.5 Å². The highest BCUT2D eigenvalue weighted by molar-refractivity contribution is 5.80. The zero-order chi connectivity index (χ0) is 14.0. The maximum absolute atomic E-state index is 11.6. The van der Waals surface area contributed by atoms with E-state index in [4.69, 9.17) is 10.00 Å². The predicted octanol–water partition coefficient (Wildman–Crippen LogP) is 1.05. The molecule has 0 spiro atoms. The van der Waals surface area contributed by atoms with Crippen molar-refractivity contribution in [2.45, 2.75) is 5.54 Å². The van der Waals surface area contributed by atoms with Gasteiger partial charge in [0.15, 0.2) is 11.8 Å². The van der Waals surface area contributed by atoms with Gasteiger partial charge in [-0.15, -0.1) is 5.26 Å². The molecule has 1 atom stereocenters. The average molecular weight is 262 g/mol. The van der Waals surface area contributed by atoms with E-state index in [0.717, 1.165) is 22.4 Å². The fourth-order valence-electron chi connectivity index (χ4n) is 2.30. The second kappa shape index (κ2) is 4.63. The molecule has 0 saturated heterocycles. The van der Waals surface area contributed by atoms with E-state index in [2.05, 4.69) is 4.99 Å². The summed E-state index contributed by atoms with van der Waals surface area (Å²) in [6, 6.07) is 14.4. The molecule has 1 unspecified atom stereocenters. The van der Waals surface area contributed by atoms with E-state index in [1.807, 2.05) is 30.3 Å². The summed E-state index contributed by atoms with van der Waals surface area (Å²) in [5.41, 5.74) is -0.247. The van der Waals surface area contributed by atoms with Crippen molar-refractivity contribution in [1.82, 2.24) is 0 Å². The number of rotatable bonds is 3. The molecular weight excluding hydrogens is 252 g/mol. The molecule has 0 bridgehead atoms. The Morgan fingerprint density at radius 1 is 1.15 bits per heavy atom. The van der Waals surface area contributed by atoms with Gasteiger partial charge in [-0.1, -0.05) is 30.3 Å². The number of benzene rings is 2. The summed E-state index contributed by atoms with van der Waals surface area (Å²) in [6.07, 6.45) is 4.28. The van der Waals surface area contributed by atoms with Crippen LogP contribution in [0.4, 0.5) is 0 Å². The number of carbonyl (C=O) groups excluding carboxylic acids is 1. The number of nitriles is 1. The van der Waals surface area contributed by atoms with E-state index in [0.29, 0.717) is 5.75 Å². The van der Waals surface area contributed by atoms with Crippen molar-refractivity contribution in [3.63, 3.8) is 0 Å². The van der Waals surface area contributed by atoms with Crippen molar-refractivity contribution in [1.29, 1.82) is 5.26 Å². The van der Waals surface area contributed by atoms with Crippen LogP contribution in [-0.2, 0) is 10.3 Å². The molecule has 2 aromatic rings. The first-order valence-corrected chi connectivity index (χ1v) is 6.08. The molecule has 4 nitrogen and oxygen atoms in total. The van der Waals surface area contributed by atoms with Gasteiger partial charge < -0.3 is 4.74 Å². The van der Waals surface area contributed by atoms with Crippen molar-refractivity contribution in [2.24, 2.45) is 4.99 Å². The van der Waals surface area contributed by atoms with E-state index >= 15 is 0 Å². The van der Waals surface area contributed by atoms with Crippen LogP contribution < -0.4 is 15.3 Å². The lowest BCUT2D eigenvalue weighted by atomic mass is 9.92. The predicted molar refractivity (Wildman–Crippen MR) is 72.1 cm³/mol. The molecule has 3 rings (SSSR count). The van der Waals surface area contributed by atoms with Crippen LogP contribution in [0, 0.1) is 11.5 Å². The number of ether oxygens (including phenoxy) is 1. The molecule has 2 aromatic carbocycles. The van der Waals surface area contributed by atoms with Crippen LogP contribution >= 0.6 is 0 Å². The molecule has 0 aromatic heterocycles. The molecule has 0 radical (unpaired) electrons. The maximum atomic E-state index is 11.6. The smallest absolute Gasteiger partial charge is 0.292 e. The van der Waals surface area contributed by atoms with Crippen molar-refractivity contribution in [3.05, 3.63) is 64.7 Å². The molecule has 20 heavy (non-hydrogen) atoms. The summed E-state index contributed by atoms with van der Waals surface area (Å²) < 4.78 is 4.73. The maximum Gasteiger partial charge on any atom is 0.292 e. The summed E-state index contributed by atoms with van der Waals surface area (Å²) in [4.78, 5) is 16.1. The Morgan fingerprint density at radius 3 is 2.55 bits per heavy atom. The highest BCUT2D eigenvalue weighted by atomic mass is 16.5. The molecular formula is C16H10N2O2. The second-order valence-corrected chi connectivity index (χ2v) is 4.48. The van der Waals surface area contributed by atoms with Crippen LogP contribution in [-0.4, -0.2) is 6.29 Å². The Balaban J connectivity index is 2.10. The molecule has 0 fully saturated rings. The first kappa shape index (κ1) is 12.1. The van der Waals surface area contributed by atoms with Crippen LogP contribution in [0.5, 0.6) is 5.75 Å². The molecule has 1 heterocycles. The van der Waals surface area contributed by atoms with Crippen molar-refractivity contribution in [2.75, 3.05) is 0 Å². The highest BCUT2D eigenvalue weighted by Crippen LogP contribution is 2.28. The number of carbonyl (C=O) groups is 1. The van der Waals surface area contributed by atoms with Gasteiger partial charge in [-0.3, -0.25) is 9.79 Å². The van der Waals surface area contributed by atoms with E-state index in [9.17, 15) is 4.79 Å². The molecule has 96 valence electrons. The number of fused-ring (bicyclic) bond motifs is 1. The summed E-state index contributed by atoms with van der Waals surface area (Å²) in [7, 11) is 0. The van der Waals surface area contributed by atoms with E-state index < -0.39 is 5.54 Å². The standard InChI is InChI=1S/C16H10N2O2/c17-11-20-14-7-5-13(6-8-14)16(10-19)9-12-3-1-2-4-15(12)18-16/h1-10H. The lowest BCUT2D eigenvalue weighted by molar-refractivity contribution is -0.110. The lowest BCUT2D eigenvalue weighted by Gasteiger charge is -2.17. The zero-order valence-electron chi connectivity index (χ0n) is 10.5. The average Bonchev–Trinajstić information content (AvgIpc) is 2.88. The molecule has 0 aliphatic carbocycles.